The van der Waals surface area contributed by atoms with Gasteiger partial charge in [0.05, 0.1) is 12.3 Å². The van der Waals surface area contributed by atoms with Crippen molar-refractivity contribution in [1.82, 2.24) is 9.96 Å². The Balaban J connectivity index is 1.67. The summed E-state index contributed by atoms with van der Waals surface area (Å²) in [6.07, 6.45) is 9.94. The van der Waals surface area contributed by atoms with Crippen LogP contribution in [-0.4, -0.2) is 46.8 Å². The minimum absolute atomic E-state index is 0.241. The lowest BCUT2D eigenvalue weighted by Crippen LogP contribution is -2.80. The van der Waals surface area contributed by atoms with Gasteiger partial charge in [-0.05, 0) is 44.4 Å². The second-order valence-electron chi connectivity index (χ2n) is 7.35. The Kier molecular flexibility index (Phi) is 2.26. The molecule has 2 unspecified atom stereocenters. The number of hydrogen-bond acceptors (Lipinski definition) is 4. The summed E-state index contributed by atoms with van der Waals surface area (Å²) >= 11 is 0. The van der Waals surface area contributed by atoms with Gasteiger partial charge in [0.25, 0.3) is 0 Å². The van der Waals surface area contributed by atoms with E-state index in [9.17, 15) is 5.21 Å². The van der Waals surface area contributed by atoms with Crippen LogP contribution in [0, 0.1) is 17.3 Å². The molecule has 0 aromatic carbocycles. The predicted molar refractivity (Wildman–Crippen MR) is 69.4 cm³/mol. The van der Waals surface area contributed by atoms with Gasteiger partial charge in [0.2, 0.25) is 0 Å². The summed E-state index contributed by atoms with van der Waals surface area (Å²) in [5.74, 6) is 1.55. The first-order valence-electron chi connectivity index (χ1n) is 8.19. The SMILES string of the molecule is ON1CCC[C@]23[C@@H]4CCC[C@H]2OC2[C@@H]4CCCN2[C@H]13. The molecule has 0 aromatic heterocycles. The van der Waals surface area contributed by atoms with Crippen LogP contribution >= 0.6 is 0 Å². The second kappa shape index (κ2) is 3.73. The van der Waals surface area contributed by atoms with Crippen LogP contribution in [0.4, 0.5) is 0 Å². The van der Waals surface area contributed by atoms with E-state index in [1.54, 1.807) is 5.06 Å². The van der Waals surface area contributed by atoms with Crippen molar-refractivity contribution in [2.75, 3.05) is 13.1 Å². The van der Waals surface area contributed by atoms with E-state index in [1.807, 2.05) is 0 Å². The standard InChI is InChI=1S/C15H24N2O2/c18-17-9-3-7-15-11-5-1-6-12(15)19-13-10(11)4-2-8-16(13)14(15)17/h10-14,18H,1-9H2/t10-,11-,12-,13?,14-,15+/m1/s1. The lowest BCUT2D eigenvalue weighted by atomic mass is 9.50. The highest BCUT2D eigenvalue weighted by atomic mass is 16.5. The van der Waals surface area contributed by atoms with E-state index in [2.05, 4.69) is 4.90 Å². The van der Waals surface area contributed by atoms with Crippen LogP contribution in [0.5, 0.6) is 0 Å². The quantitative estimate of drug-likeness (QED) is 0.726. The molecule has 5 saturated heterocycles. The molecule has 1 N–H and O–H groups in total. The van der Waals surface area contributed by atoms with Crippen LogP contribution in [0.2, 0.25) is 0 Å². The summed E-state index contributed by atoms with van der Waals surface area (Å²) < 4.78 is 6.52. The number of hydroxylamine groups is 2. The van der Waals surface area contributed by atoms with E-state index >= 15 is 0 Å². The average Bonchev–Trinajstić information content (AvgIpc) is 2.40. The molecule has 4 heteroatoms. The lowest BCUT2D eigenvalue weighted by molar-refractivity contribution is -0.404. The van der Waals surface area contributed by atoms with Crippen LogP contribution in [0.25, 0.3) is 0 Å². The topological polar surface area (TPSA) is 35.9 Å². The lowest BCUT2D eigenvalue weighted by Gasteiger charge is -2.73. The van der Waals surface area contributed by atoms with Crippen LogP contribution in [0.15, 0.2) is 0 Å². The molecule has 6 aliphatic rings. The van der Waals surface area contributed by atoms with Crippen LogP contribution in [0.1, 0.15) is 44.9 Å². The Morgan fingerprint density at radius 2 is 2.00 bits per heavy atom. The monoisotopic (exact) mass is 264 g/mol. The molecule has 0 amide bonds. The van der Waals surface area contributed by atoms with E-state index in [0.29, 0.717) is 12.3 Å². The smallest absolute Gasteiger partial charge is 0.115 e. The largest absolute Gasteiger partial charge is 0.359 e. The summed E-state index contributed by atoms with van der Waals surface area (Å²) in [5, 5.41) is 12.2. The summed E-state index contributed by atoms with van der Waals surface area (Å²) in [6.45, 7) is 1.96. The highest BCUT2D eigenvalue weighted by Gasteiger charge is 2.69. The van der Waals surface area contributed by atoms with Gasteiger partial charge in [-0.1, -0.05) is 6.42 Å². The third-order valence-electron chi connectivity index (χ3n) is 6.81. The van der Waals surface area contributed by atoms with Gasteiger partial charge in [-0.25, -0.2) is 0 Å². The van der Waals surface area contributed by atoms with Crippen molar-refractivity contribution in [3.8, 4) is 0 Å². The van der Waals surface area contributed by atoms with Gasteiger partial charge in [-0.2, -0.15) is 5.06 Å². The zero-order valence-corrected chi connectivity index (χ0v) is 11.5. The number of hydrogen-bond donors (Lipinski definition) is 1. The molecule has 0 aromatic rings. The molecular formula is C15H24N2O2. The molecule has 6 fully saturated rings. The first-order chi connectivity index (χ1) is 9.32. The summed E-state index contributed by atoms with van der Waals surface area (Å²) in [4.78, 5) is 2.51. The molecular weight excluding hydrogens is 240 g/mol. The Morgan fingerprint density at radius 1 is 1.05 bits per heavy atom. The Morgan fingerprint density at radius 3 is 2.95 bits per heavy atom. The third-order valence-corrected chi connectivity index (χ3v) is 6.81. The van der Waals surface area contributed by atoms with E-state index in [1.165, 1.54) is 38.5 Å². The predicted octanol–water partition coefficient (Wildman–Crippen LogP) is 2.03. The molecule has 6 bridgehead atoms. The van der Waals surface area contributed by atoms with Gasteiger partial charge >= 0.3 is 0 Å². The average molecular weight is 264 g/mol. The van der Waals surface area contributed by atoms with Crippen molar-refractivity contribution in [2.45, 2.75) is 63.4 Å². The molecule has 4 nitrogen and oxygen atoms in total. The first-order valence-corrected chi connectivity index (χ1v) is 8.19. The van der Waals surface area contributed by atoms with Crippen molar-refractivity contribution in [3.05, 3.63) is 0 Å². The fourth-order valence-electron chi connectivity index (χ4n) is 6.40. The summed E-state index contributed by atoms with van der Waals surface area (Å²) in [7, 11) is 0. The molecule has 7 atom stereocenters. The van der Waals surface area contributed by atoms with E-state index in [0.717, 1.165) is 31.3 Å². The van der Waals surface area contributed by atoms with Crippen LogP contribution in [0.3, 0.4) is 0 Å². The maximum absolute atomic E-state index is 10.5. The number of rotatable bonds is 0. The molecule has 1 spiro atoms. The first kappa shape index (κ1) is 11.5. The van der Waals surface area contributed by atoms with E-state index < -0.39 is 0 Å². The van der Waals surface area contributed by atoms with Crippen molar-refractivity contribution >= 4 is 0 Å². The molecule has 5 heterocycles. The summed E-state index contributed by atoms with van der Waals surface area (Å²) in [5.41, 5.74) is 0.241. The fourth-order valence-corrected chi connectivity index (χ4v) is 6.40. The Hall–Kier alpha value is -0.160. The van der Waals surface area contributed by atoms with Gasteiger partial charge in [0, 0.05) is 24.4 Å². The fraction of sp³-hybridized carbons (Fsp3) is 1.00. The van der Waals surface area contributed by atoms with Gasteiger partial charge in [0.15, 0.2) is 0 Å². The van der Waals surface area contributed by atoms with Crippen molar-refractivity contribution in [1.29, 1.82) is 0 Å². The molecule has 106 valence electrons. The maximum Gasteiger partial charge on any atom is 0.115 e. The van der Waals surface area contributed by atoms with Crippen LogP contribution in [-0.2, 0) is 4.74 Å². The molecule has 1 aliphatic carbocycles. The van der Waals surface area contributed by atoms with Crippen molar-refractivity contribution in [3.63, 3.8) is 0 Å². The highest BCUT2D eigenvalue weighted by molar-refractivity contribution is 5.15. The van der Waals surface area contributed by atoms with Gasteiger partial charge in [-0.15, -0.1) is 0 Å². The van der Waals surface area contributed by atoms with E-state index in [4.69, 9.17) is 4.74 Å². The van der Waals surface area contributed by atoms with Crippen molar-refractivity contribution < 1.29 is 9.94 Å². The minimum atomic E-state index is 0.241. The van der Waals surface area contributed by atoms with Crippen molar-refractivity contribution in [2.24, 2.45) is 17.3 Å². The molecule has 5 aliphatic heterocycles. The molecule has 6 rings (SSSR count). The molecule has 0 radical (unpaired) electrons. The zero-order valence-electron chi connectivity index (χ0n) is 11.5. The Labute approximate surface area is 114 Å². The van der Waals surface area contributed by atoms with Crippen LogP contribution < -0.4 is 0 Å². The number of nitrogens with zero attached hydrogens (tertiary/aromatic N) is 2. The van der Waals surface area contributed by atoms with Gasteiger partial charge in [0.1, 0.15) is 6.23 Å². The normalized spacial score (nSPS) is 59.8. The number of piperidine rings is 3. The van der Waals surface area contributed by atoms with Gasteiger partial charge in [-0.3, -0.25) is 4.90 Å². The molecule has 19 heavy (non-hydrogen) atoms. The highest BCUT2D eigenvalue weighted by Crippen LogP contribution is 2.65. The maximum atomic E-state index is 10.5. The third kappa shape index (κ3) is 1.21. The zero-order chi connectivity index (χ0) is 12.6. The molecule has 1 saturated carbocycles. The van der Waals surface area contributed by atoms with Gasteiger partial charge < -0.3 is 9.94 Å². The van der Waals surface area contributed by atoms with E-state index in [-0.39, 0.29) is 11.6 Å². The number of ether oxygens (including phenoxy) is 1. The Bertz CT molecular complexity index is 404. The summed E-state index contributed by atoms with van der Waals surface area (Å²) in [6, 6.07) is 0. The minimum Gasteiger partial charge on any atom is -0.359 e. The second-order valence-corrected chi connectivity index (χ2v) is 7.35.